The monoisotopic (exact) mass is 940 g/mol. The summed E-state index contributed by atoms with van der Waals surface area (Å²) in [6.07, 6.45) is -7.09. The molecule has 2 aliphatic rings. The molecule has 358 valence electrons. The predicted molar refractivity (Wildman–Crippen MR) is 263 cm³/mol. The molecule has 10 nitrogen and oxygen atoms in total. The van der Waals surface area contributed by atoms with E-state index in [4.69, 9.17) is 42.6 Å². The first kappa shape index (κ1) is 49.7. The summed E-state index contributed by atoms with van der Waals surface area (Å²) < 4.78 is 61.1. The van der Waals surface area contributed by atoms with Gasteiger partial charge in [-0.2, -0.15) is 0 Å². The van der Waals surface area contributed by atoms with Gasteiger partial charge in [0.05, 0.1) is 52.9 Å². The Balaban J connectivity index is 1.09. The molecule has 2 fully saturated rings. The Labute approximate surface area is 405 Å². The van der Waals surface area contributed by atoms with Gasteiger partial charge in [0.1, 0.15) is 54.3 Å². The predicted octanol–water partition coefficient (Wildman–Crippen LogP) is 10.1. The fraction of sp³-hybridized carbons (Fsp3) is 0.368. The lowest BCUT2D eigenvalue weighted by atomic mass is 9.97. The Morgan fingerprint density at radius 3 is 1.19 bits per heavy atom. The number of thioether (sulfide) groups is 1. The maximum atomic E-state index is 12.4. The van der Waals surface area contributed by atoms with Crippen LogP contribution in [0, 0.1) is 0 Å². The molecule has 2 aliphatic heterocycles. The highest BCUT2D eigenvalue weighted by atomic mass is 32.2. The molecule has 68 heavy (non-hydrogen) atoms. The molecule has 10 atom stereocenters. The van der Waals surface area contributed by atoms with Crippen molar-refractivity contribution in [2.24, 2.45) is 0 Å². The minimum Gasteiger partial charge on any atom is -0.387 e. The summed E-state index contributed by atoms with van der Waals surface area (Å²) in [7, 11) is 0. The first-order chi connectivity index (χ1) is 33.5. The quantitative estimate of drug-likeness (QED) is 0.0628. The minimum absolute atomic E-state index is 0.0542. The molecule has 0 unspecified atom stereocenters. The average Bonchev–Trinajstić information content (AvgIpc) is 3.38. The van der Waals surface area contributed by atoms with Gasteiger partial charge in [0.15, 0.2) is 6.29 Å². The van der Waals surface area contributed by atoms with Crippen molar-refractivity contribution in [1.29, 1.82) is 0 Å². The Bertz CT molecular complexity index is 2280. The van der Waals surface area contributed by atoms with Gasteiger partial charge >= 0.3 is 0 Å². The van der Waals surface area contributed by atoms with Crippen LogP contribution in [-0.2, 0) is 82.3 Å². The molecule has 0 amide bonds. The molecule has 6 aromatic rings. The molecule has 0 aliphatic carbocycles. The van der Waals surface area contributed by atoms with Crippen LogP contribution in [0.15, 0.2) is 182 Å². The summed E-state index contributed by atoms with van der Waals surface area (Å²) in [5.74, 6) is 0. The Morgan fingerprint density at radius 1 is 0.397 bits per heavy atom. The minimum atomic E-state index is -1.13. The third-order valence-corrected chi connectivity index (χ3v) is 13.1. The second kappa shape index (κ2) is 26.3. The van der Waals surface area contributed by atoms with Crippen molar-refractivity contribution >= 4 is 11.8 Å². The molecular formula is C57H64O10S. The lowest BCUT2D eigenvalue weighted by molar-refractivity contribution is -0.336. The van der Waals surface area contributed by atoms with E-state index >= 15 is 0 Å². The summed E-state index contributed by atoms with van der Waals surface area (Å²) in [5, 5.41) is 12.6. The summed E-state index contributed by atoms with van der Waals surface area (Å²) in [6, 6.07) is 60.1. The van der Waals surface area contributed by atoms with Crippen LogP contribution in [0.25, 0.3) is 0 Å². The van der Waals surface area contributed by atoms with Crippen molar-refractivity contribution in [2.45, 2.75) is 119 Å². The van der Waals surface area contributed by atoms with Crippen molar-refractivity contribution in [3.05, 3.63) is 215 Å². The number of rotatable bonds is 24. The highest BCUT2D eigenvalue weighted by Crippen LogP contribution is 2.37. The van der Waals surface area contributed by atoms with E-state index in [1.54, 1.807) is 11.8 Å². The maximum absolute atomic E-state index is 12.4. The standard InChI is InChI=1S/C57H64O10S/c1-41(2)68-57-55(64-38-47-31-19-8-20-32-47)52(61-35-44-25-13-5-14-26-44)50(58)48(67-57)40-65-56-54(63-37-46-29-17-7-18-30-46)53(62-36-45-27-15-6-16-28-45)51(60-34-43-23-11-4-12-24-43)49(66-56)39-59-33-42-21-9-3-10-22-42/h3-32,41,48-58H,33-40H2,1-2H3/t48-,49-,50+,51-,52+,53+,54-,55-,56-,57+/m1/s1. The second-order valence-electron chi connectivity index (χ2n) is 17.4. The Morgan fingerprint density at radius 2 is 0.765 bits per heavy atom. The van der Waals surface area contributed by atoms with Crippen LogP contribution < -0.4 is 0 Å². The van der Waals surface area contributed by atoms with Crippen molar-refractivity contribution in [2.75, 3.05) is 13.2 Å². The van der Waals surface area contributed by atoms with Crippen LogP contribution in [0.4, 0.5) is 0 Å². The van der Waals surface area contributed by atoms with Crippen LogP contribution in [-0.4, -0.2) is 84.1 Å². The SMILES string of the molecule is CC(C)S[C@@H]1O[C@H](CO[C@@H]2O[C@H](COCc3ccccc3)[C@@H](OCc3ccccc3)[C@H](OCc3ccccc3)[C@H]2OCc2ccccc2)[C@H](O)[C@H](OCc2ccccc2)[C@H]1OCc1ccccc1. The highest BCUT2D eigenvalue weighted by molar-refractivity contribution is 8.00. The molecule has 8 rings (SSSR count). The van der Waals surface area contributed by atoms with E-state index in [1.165, 1.54) is 0 Å². The van der Waals surface area contributed by atoms with Gasteiger partial charge in [-0.1, -0.05) is 196 Å². The summed E-state index contributed by atoms with van der Waals surface area (Å²) in [5.41, 5.74) is 5.50. The third-order valence-electron chi connectivity index (χ3n) is 11.9. The van der Waals surface area contributed by atoms with Gasteiger partial charge in [-0.15, -0.1) is 11.8 Å². The van der Waals surface area contributed by atoms with Gasteiger partial charge < -0.3 is 47.7 Å². The number of hydrogen-bond donors (Lipinski definition) is 1. The Hall–Kier alpha value is -4.73. The lowest BCUT2D eigenvalue weighted by Crippen LogP contribution is -2.63. The van der Waals surface area contributed by atoms with Crippen LogP contribution >= 0.6 is 11.8 Å². The first-order valence-electron chi connectivity index (χ1n) is 23.6. The van der Waals surface area contributed by atoms with E-state index in [2.05, 4.69) is 13.8 Å². The second-order valence-corrected chi connectivity index (χ2v) is 19.1. The molecule has 0 saturated carbocycles. The van der Waals surface area contributed by atoms with E-state index in [9.17, 15) is 5.11 Å². The molecule has 2 heterocycles. The van der Waals surface area contributed by atoms with Gasteiger partial charge in [0.2, 0.25) is 0 Å². The molecule has 1 N–H and O–H groups in total. The normalized spacial score (nSPS) is 25.1. The van der Waals surface area contributed by atoms with E-state index < -0.39 is 60.6 Å². The van der Waals surface area contributed by atoms with Gasteiger partial charge in [-0.05, 0) is 33.4 Å². The van der Waals surface area contributed by atoms with Gasteiger partial charge in [0, 0.05) is 5.25 Å². The number of aliphatic hydroxyl groups is 1. The summed E-state index contributed by atoms with van der Waals surface area (Å²) in [6.45, 7) is 6.18. The topological polar surface area (TPSA) is 103 Å². The zero-order chi connectivity index (χ0) is 46.8. The molecule has 11 heteroatoms. The van der Waals surface area contributed by atoms with Crippen molar-refractivity contribution in [3.8, 4) is 0 Å². The first-order valence-corrected chi connectivity index (χ1v) is 24.6. The molecule has 0 bridgehead atoms. The molecule has 0 spiro atoms. The van der Waals surface area contributed by atoms with E-state index in [1.807, 2.05) is 182 Å². The Kier molecular flexibility index (Phi) is 19.2. The van der Waals surface area contributed by atoms with Crippen molar-refractivity contribution in [3.63, 3.8) is 0 Å². The molecule has 6 aromatic carbocycles. The fourth-order valence-electron chi connectivity index (χ4n) is 8.38. The lowest BCUT2D eigenvalue weighted by Gasteiger charge is -2.47. The van der Waals surface area contributed by atoms with Crippen molar-refractivity contribution in [1.82, 2.24) is 0 Å². The van der Waals surface area contributed by atoms with E-state index in [-0.39, 0.29) is 38.3 Å². The van der Waals surface area contributed by atoms with Gasteiger partial charge in [-0.25, -0.2) is 0 Å². The van der Waals surface area contributed by atoms with E-state index in [0.717, 1.165) is 33.4 Å². The summed E-state index contributed by atoms with van der Waals surface area (Å²) >= 11 is 1.63. The number of benzene rings is 6. The van der Waals surface area contributed by atoms with Crippen molar-refractivity contribution < 1.29 is 47.7 Å². The molecule has 0 radical (unpaired) electrons. The zero-order valence-corrected chi connectivity index (χ0v) is 39.7. The van der Waals surface area contributed by atoms with E-state index in [0.29, 0.717) is 19.8 Å². The number of ether oxygens (including phenoxy) is 9. The van der Waals surface area contributed by atoms with Crippen LogP contribution in [0.2, 0.25) is 0 Å². The maximum Gasteiger partial charge on any atom is 0.187 e. The largest absolute Gasteiger partial charge is 0.387 e. The van der Waals surface area contributed by atoms with Gasteiger partial charge in [0.25, 0.3) is 0 Å². The van der Waals surface area contributed by atoms with Crippen LogP contribution in [0.3, 0.4) is 0 Å². The third kappa shape index (κ3) is 14.6. The number of hydrogen-bond acceptors (Lipinski definition) is 11. The molecular weight excluding hydrogens is 877 g/mol. The zero-order valence-electron chi connectivity index (χ0n) is 38.9. The number of aliphatic hydroxyl groups excluding tert-OH is 1. The van der Waals surface area contributed by atoms with Crippen LogP contribution in [0.5, 0.6) is 0 Å². The smallest absolute Gasteiger partial charge is 0.187 e. The molecule has 0 aromatic heterocycles. The average molecular weight is 941 g/mol. The molecule has 2 saturated heterocycles. The fourth-order valence-corrected chi connectivity index (χ4v) is 9.51. The highest BCUT2D eigenvalue weighted by Gasteiger charge is 2.51. The summed E-state index contributed by atoms with van der Waals surface area (Å²) in [4.78, 5) is 0. The van der Waals surface area contributed by atoms with Gasteiger partial charge in [-0.3, -0.25) is 0 Å². The van der Waals surface area contributed by atoms with Crippen LogP contribution in [0.1, 0.15) is 47.2 Å².